The summed E-state index contributed by atoms with van der Waals surface area (Å²) in [4.78, 5) is 15.4. The standard InChI is InChI=1S/C13H27N3O/c1-11(9-12-7-5-6-8-14-12)16(4)10-13(17)15(2)3/h11-12,14H,5-10H2,1-4H3. The van der Waals surface area contributed by atoms with E-state index >= 15 is 0 Å². The van der Waals surface area contributed by atoms with E-state index in [0.29, 0.717) is 18.6 Å². The topological polar surface area (TPSA) is 35.6 Å². The molecule has 1 fully saturated rings. The number of hydrogen-bond donors (Lipinski definition) is 1. The first kappa shape index (κ1) is 14.5. The number of nitrogens with zero attached hydrogens (tertiary/aromatic N) is 2. The molecular weight excluding hydrogens is 214 g/mol. The molecule has 1 aliphatic heterocycles. The second-order valence-electron chi connectivity index (χ2n) is 5.43. The molecule has 1 N–H and O–H groups in total. The maximum Gasteiger partial charge on any atom is 0.236 e. The van der Waals surface area contributed by atoms with Crippen LogP contribution >= 0.6 is 0 Å². The zero-order valence-corrected chi connectivity index (χ0v) is 11.7. The van der Waals surface area contributed by atoms with Crippen LogP contribution in [0.5, 0.6) is 0 Å². The van der Waals surface area contributed by atoms with Crippen LogP contribution in [0, 0.1) is 0 Å². The molecule has 0 saturated carbocycles. The van der Waals surface area contributed by atoms with Crippen molar-refractivity contribution in [3.8, 4) is 0 Å². The van der Waals surface area contributed by atoms with E-state index in [-0.39, 0.29) is 5.91 Å². The number of likely N-dealkylation sites (N-methyl/N-ethyl adjacent to an activating group) is 2. The van der Waals surface area contributed by atoms with Crippen molar-refractivity contribution in [3.63, 3.8) is 0 Å². The van der Waals surface area contributed by atoms with Crippen LogP contribution in [0.4, 0.5) is 0 Å². The minimum absolute atomic E-state index is 0.177. The Morgan fingerprint density at radius 3 is 2.59 bits per heavy atom. The highest BCUT2D eigenvalue weighted by Crippen LogP contribution is 2.14. The molecule has 0 aromatic heterocycles. The van der Waals surface area contributed by atoms with Crippen molar-refractivity contribution in [1.82, 2.24) is 15.1 Å². The fourth-order valence-corrected chi connectivity index (χ4v) is 2.23. The Morgan fingerprint density at radius 2 is 2.06 bits per heavy atom. The predicted octanol–water partition coefficient (Wildman–Crippen LogP) is 0.927. The summed E-state index contributed by atoms with van der Waals surface area (Å²) in [5.41, 5.74) is 0. The molecule has 1 amide bonds. The van der Waals surface area contributed by atoms with Gasteiger partial charge < -0.3 is 10.2 Å². The first-order valence-electron chi connectivity index (χ1n) is 6.64. The summed E-state index contributed by atoms with van der Waals surface area (Å²) in [5, 5.41) is 3.56. The summed E-state index contributed by atoms with van der Waals surface area (Å²) in [7, 11) is 5.65. The van der Waals surface area contributed by atoms with E-state index in [2.05, 4.69) is 17.1 Å². The number of amides is 1. The Hall–Kier alpha value is -0.610. The van der Waals surface area contributed by atoms with Gasteiger partial charge in [0.25, 0.3) is 0 Å². The van der Waals surface area contributed by atoms with Crippen molar-refractivity contribution >= 4 is 5.91 Å². The number of hydrogen-bond acceptors (Lipinski definition) is 3. The lowest BCUT2D eigenvalue weighted by molar-refractivity contribution is -0.130. The molecule has 100 valence electrons. The monoisotopic (exact) mass is 241 g/mol. The highest BCUT2D eigenvalue weighted by Gasteiger charge is 2.19. The fraction of sp³-hybridized carbons (Fsp3) is 0.923. The molecule has 2 atom stereocenters. The summed E-state index contributed by atoms with van der Waals surface area (Å²) in [6.07, 6.45) is 5.06. The zero-order chi connectivity index (χ0) is 12.8. The van der Waals surface area contributed by atoms with Crippen LogP contribution in [0.3, 0.4) is 0 Å². The average Bonchev–Trinajstić information content (AvgIpc) is 2.29. The number of carbonyl (C=O) groups is 1. The van der Waals surface area contributed by atoms with Crippen LogP contribution in [-0.2, 0) is 4.79 Å². The van der Waals surface area contributed by atoms with Gasteiger partial charge in [-0.1, -0.05) is 6.42 Å². The SMILES string of the molecule is CC(CC1CCCCN1)N(C)CC(=O)N(C)C. The fourth-order valence-electron chi connectivity index (χ4n) is 2.23. The lowest BCUT2D eigenvalue weighted by Gasteiger charge is -2.31. The Labute approximate surface area is 105 Å². The summed E-state index contributed by atoms with van der Waals surface area (Å²) in [5.74, 6) is 0.177. The van der Waals surface area contributed by atoms with E-state index < -0.39 is 0 Å². The highest BCUT2D eigenvalue weighted by molar-refractivity contribution is 5.77. The van der Waals surface area contributed by atoms with Gasteiger partial charge in [-0.15, -0.1) is 0 Å². The summed E-state index contributed by atoms with van der Waals surface area (Å²) in [6.45, 7) is 3.87. The van der Waals surface area contributed by atoms with Crippen LogP contribution in [0.2, 0.25) is 0 Å². The molecule has 0 aromatic carbocycles. The molecule has 4 nitrogen and oxygen atoms in total. The first-order chi connectivity index (χ1) is 8.00. The third-order valence-electron chi connectivity index (χ3n) is 3.67. The van der Waals surface area contributed by atoms with Crippen LogP contribution in [0.15, 0.2) is 0 Å². The van der Waals surface area contributed by atoms with Gasteiger partial charge in [-0.2, -0.15) is 0 Å². The lowest BCUT2D eigenvalue weighted by atomic mass is 9.98. The van der Waals surface area contributed by atoms with Gasteiger partial charge in [0.05, 0.1) is 6.54 Å². The Morgan fingerprint density at radius 1 is 1.35 bits per heavy atom. The van der Waals surface area contributed by atoms with Crippen LogP contribution in [0.1, 0.15) is 32.6 Å². The summed E-state index contributed by atoms with van der Waals surface area (Å²) >= 11 is 0. The average molecular weight is 241 g/mol. The van der Waals surface area contributed by atoms with Crippen molar-refractivity contribution < 1.29 is 4.79 Å². The molecular formula is C13H27N3O. The largest absolute Gasteiger partial charge is 0.348 e. The number of piperidine rings is 1. The van der Waals surface area contributed by atoms with Gasteiger partial charge in [-0.25, -0.2) is 0 Å². The molecule has 4 heteroatoms. The predicted molar refractivity (Wildman–Crippen MR) is 71.0 cm³/mol. The van der Waals surface area contributed by atoms with Gasteiger partial charge in [-0.05, 0) is 39.8 Å². The quantitative estimate of drug-likeness (QED) is 0.778. The third kappa shape index (κ3) is 5.04. The van der Waals surface area contributed by atoms with E-state index in [1.165, 1.54) is 19.3 Å². The maximum atomic E-state index is 11.6. The molecule has 17 heavy (non-hydrogen) atoms. The Kier molecular flexibility index (Phi) is 5.92. The molecule has 1 rings (SSSR count). The van der Waals surface area contributed by atoms with Gasteiger partial charge in [-0.3, -0.25) is 9.69 Å². The first-order valence-corrected chi connectivity index (χ1v) is 6.64. The van der Waals surface area contributed by atoms with Crippen LogP contribution < -0.4 is 5.32 Å². The summed E-state index contributed by atoms with van der Waals surface area (Å²) in [6, 6.07) is 1.09. The van der Waals surface area contributed by atoms with Crippen molar-refractivity contribution in [3.05, 3.63) is 0 Å². The molecule has 0 bridgehead atoms. The maximum absolute atomic E-state index is 11.6. The minimum Gasteiger partial charge on any atom is -0.348 e. The van der Waals surface area contributed by atoms with Gasteiger partial charge in [0.2, 0.25) is 5.91 Å². The lowest BCUT2D eigenvalue weighted by Crippen LogP contribution is -2.43. The zero-order valence-electron chi connectivity index (χ0n) is 11.7. The second-order valence-corrected chi connectivity index (χ2v) is 5.43. The molecule has 1 aliphatic rings. The molecule has 0 spiro atoms. The van der Waals surface area contributed by atoms with Gasteiger partial charge in [0.15, 0.2) is 0 Å². The normalized spacial score (nSPS) is 22.5. The highest BCUT2D eigenvalue weighted by atomic mass is 16.2. The van der Waals surface area contributed by atoms with E-state index in [4.69, 9.17) is 0 Å². The third-order valence-corrected chi connectivity index (χ3v) is 3.67. The van der Waals surface area contributed by atoms with Crippen molar-refractivity contribution in [2.75, 3.05) is 34.2 Å². The van der Waals surface area contributed by atoms with Crippen LogP contribution in [0.25, 0.3) is 0 Å². The van der Waals surface area contributed by atoms with E-state index in [9.17, 15) is 4.79 Å². The van der Waals surface area contributed by atoms with Crippen LogP contribution in [-0.4, -0.2) is 62.0 Å². The number of nitrogens with one attached hydrogen (secondary N) is 1. The van der Waals surface area contributed by atoms with E-state index in [0.717, 1.165) is 13.0 Å². The molecule has 2 unspecified atom stereocenters. The molecule has 0 aliphatic carbocycles. The van der Waals surface area contributed by atoms with E-state index in [1.54, 1.807) is 4.90 Å². The second kappa shape index (κ2) is 6.97. The molecule has 0 aromatic rings. The molecule has 0 radical (unpaired) electrons. The smallest absolute Gasteiger partial charge is 0.236 e. The van der Waals surface area contributed by atoms with Crippen molar-refractivity contribution in [1.29, 1.82) is 0 Å². The minimum atomic E-state index is 0.177. The molecule has 1 saturated heterocycles. The van der Waals surface area contributed by atoms with E-state index in [1.807, 2.05) is 21.1 Å². The number of rotatable bonds is 5. The van der Waals surface area contributed by atoms with Gasteiger partial charge >= 0.3 is 0 Å². The van der Waals surface area contributed by atoms with Gasteiger partial charge in [0, 0.05) is 26.2 Å². The molecule has 1 heterocycles. The van der Waals surface area contributed by atoms with Gasteiger partial charge in [0.1, 0.15) is 0 Å². The summed E-state index contributed by atoms with van der Waals surface area (Å²) < 4.78 is 0. The number of carbonyl (C=O) groups excluding carboxylic acids is 1. The van der Waals surface area contributed by atoms with Crippen molar-refractivity contribution in [2.24, 2.45) is 0 Å². The Bertz CT molecular complexity index is 237. The van der Waals surface area contributed by atoms with Crippen molar-refractivity contribution in [2.45, 2.75) is 44.7 Å². The Balaban J connectivity index is 2.30.